The fraction of sp³-hybridized carbons (Fsp3) is 0.207. The number of methoxy groups -OCH3 is 1. The van der Waals surface area contributed by atoms with Crippen molar-refractivity contribution in [2.45, 2.75) is 27.2 Å². The van der Waals surface area contributed by atoms with Gasteiger partial charge in [0.15, 0.2) is 0 Å². The molecule has 0 radical (unpaired) electrons. The van der Waals surface area contributed by atoms with Crippen molar-refractivity contribution in [3.63, 3.8) is 0 Å². The number of esters is 1. The summed E-state index contributed by atoms with van der Waals surface area (Å²) in [4.78, 5) is 24.4. The first-order chi connectivity index (χ1) is 17.2. The number of hydrogen-bond donors (Lipinski definition) is 1. The Kier molecular flexibility index (Phi) is 9.25. The van der Waals surface area contributed by atoms with Crippen molar-refractivity contribution in [1.82, 2.24) is 0 Å². The normalized spacial score (nSPS) is 10.9. The van der Waals surface area contributed by atoms with Crippen LogP contribution in [0.2, 0.25) is 0 Å². The molecule has 0 atom stereocenters. The molecule has 184 valence electrons. The first-order valence-electron chi connectivity index (χ1n) is 11.4. The summed E-state index contributed by atoms with van der Waals surface area (Å²) in [5.41, 5.74) is 6.15. The fourth-order valence-electron chi connectivity index (χ4n) is 3.87. The van der Waals surface area contributed by atoms with Crippen LogP contribution in [0.4, 0.5) is 5.69 Å². The van der Waals surface area contributed by atoms with Crippen LogP contribution in [0.1, 0.15) is 45.1 Å². The van der Waals surface area contributed by atoms with Gasteiger partial charge in [-0.25, -0.2) is 4.79 Å². The van der Waals surface area contributed by atoms with Crippen LogP contribution in [-0.4, -0.2) is 25.6 Å². The Labute approximate surface area is 225 Å². The summed E-state index contributed by atoms with van der Waals surface area (Å²) in [6.45, 7) is 6.59. The molecule has 3 rings (SSSR count). The number of nitriles is 1. The smallest absolute Gasteiger partial charge is 0.337 e. The van der Waals surface area contributed by atoms with E-state index < -0.39 is 11.9 Å². The first-order valence-corrected chi connectivity index (χ1v) is 12.5. The van der Waals surface area contributed by atoms with Gasteiger partial charge in [0.2, 0.25) is 0 Å². The Balaban J connectivity index is 1.87. The molecule has 6 nitrogen and oxygen atoms in total. The monoisotopic (exact) mass is 594 g/mol. The van der Waals surface area contributed by atoms with Crippen LogP contribution in [0.3, 0.4) is 0 Å². The van der Waals surface area contributed by atoms with Gasteiger partial charge in [0.05, 0.1) is 19.3 Å². The number of carbonyl (C=O) groups is 2. The van der Waals surface area contributed by atoms with E-state index in [1.807, 2.05) is 25.1 Å². The maximum absolute atomic E-state index is 12.8. The van der Waals surface area contributed by atoms with Crippen molar-refractivity contribution in [2.75, 3.05) is 19.0 Å². The van der Waals surface area contributed by atoms with Crippen LogP contribution < -0.4 is 10.1 Å². The molecule has 3 aromatic rings. The van der Waals surface area contributed by atoms with Crippen LogP contribution in [0.5, 0.6) is 5.75 Å². The lowest BCUT2D eigenvalue weighted by molar-refractivity contribution is -0.112. The third-order valence-corrected chi connectivity index (χ3v) is 6.34. The van der Waals surface area contributed by atoms with Gasteiger partial charge in [-0.2, -0.15) is 5.26 Å². The van der Waals surface area contributed by atoms with Crippen LogP contribution in [-0.2, 0) is 16.0 Å². The average molecular weight is 594 g/mol. The largest absolute Gasteiger partial charge is 0.494 e. The van der Waals surface area contributed by atoms with Crippen molar-refractivity contribution in [2.24, 2.45) is 0 Å². The average Bonchev–Trinajstić information content (AvgIpc) is 2.84. The van der Waals surface area contributed by atoms with Gasteiger partial charge in [-0.15, -0.1) is 0 Å². The summed E-state index contributed by atoms with van der Waals surface area (Å²) >= 11 is 2.27. The molecule has 0 spiro atoms. The highest BCUT2D eigenvalue weighted by Gasteiger charge is 2.15. The lowest BCUT2D eigenvalue weighted by Crippen LogP contribution is -2.13. The Hall–Kier alpha value is -3.64. The van der Waals surface area contributed by atoms with E-state index in [-0.39, 0.29) is 5.57 Å². The second kappa shape index (κ2) is 12.4. The number of nitrogens with zero attached hydrogens (tertiary/aromatic N) is 1. The minimum absolute atomic E-state index is 0.0487. The van der Waals surface area contributed by atoms with Gasteiger partial charge >= 0.3 is 5.97 Å². The highest BCUT2D eigenvalue weighted by molar-refractivity contribution is 14.1. The lowest BCUT2D eigenvalue weighted by Gasteiger charge is -2.15. The maximum atomic E-state index is 12.8. The van der Waals surface area contributed by atoms with Crippen molar-refractivity contribution in [3.8, 4) is 11.8 Å². The summed E-state index contributed by atoms with van der Waals surface area (Å²) in [6, 6.07) is 18.5. The third kappa shape index (κ3) is 6.95. The highest BCUT2D eigenvalue weighted by atomic mass is 127. The number of benzene rings is 3. The summed E-state index contributed by atoms with van der Waals surface area (Å²) in [6.07, 6.45) is 2.26. The molecule has 0 saturated heterocycles. The molecule has 1 amide bonds. The molecular formula is C29H27IN2O4. The zero-order chi connectivity index (χ0) is 26.2. The molecule has 0 bridgehead atoms. The van der Waals surface area contributed by atoms with E-state index in [0.29, 0.717) is 29.8 Å². The molecule has 3 aromatic carbocycles. The molecule has 0 aliphatic rings. The second-order valence-electron chi connectivity index (χ2n) is 8.28. The number of halogens is 1. The van der Waals surface area contributed by atoms with E-state index in [2.05, 4.69) is 64.7 Å². The number of carbonyl (C=O) groups excluding carboxylic acids is 2. The predicted molar refractivity (Wildman–Crippen MR) is 149 cm³/mol. The van der Waals surface area contributed by atoms with Gasteiger partial charge in [-0.1, -0.05) is 29.3 Å². The summed E-state index contributed by atoms with van der Waals surface area (Å²) in [5.74, 6) is -0.285. The minimum atomic E-state index is -0.546. The number of anilines is 1. The van der Waals surface area contributed by atoms with Crippen molar-refractivity contribution < 1.29 is 19.1 Å². The molecule has 36 heavy (non-hydrogen) atoms. The van der Waals surface area contributed by atoms with Crippen LogP contribution in [0.15, 0.2) is 60.2 Å². The Morgan fingerprint density at radius 3 is 2.31 bits per heavy atom. The second-order valence-corrected chi connectivity index (χ2v) is 9.44. The zero-order valence-corrected chi connectivity index (χ0v) is 22.8. The van der Waals surface area contributed by atoms with E-state index in [9.17, 15) is 14.9 Å². The summed E-state index contributed by atoms with van der Waals surface area (Å²) in [7, 11) is 1.30. The van der Waals surface area contributed by atoms with E-state index in [1.165, 1.54) is 23.8 Å². The lowest BCUT2D eigenvalue weighted by atomic mass is 9.98. The molecule has 0 aromatic heterocycles. The molecule has 7 heteroatoms. The number of ether oxygens (including phenoxy) is 2. The minimum Gasteiger partial charge on any atom is -0.494 e. The summed E-state index contributed by atoms with van der Waals surface area (Å²) < 4.78 is 11.6. The SMILES string of the molecule is CCOc1cc(/C=C(\C#N)C(=O)Nc2ccc(C(=O)OC)cc2)cc(I)c1Cc1cc(C)cc(C)c1. The number of nitrogens with one attached hydrogen (secondary N) is 1. The Bertz CT molecular complexity index is 1330. The number of rotatable bonds is 8. The fourth-order valence-corrected chi connectivity index (χ4v) is 4.68. The molecule has 0 aliphatic carbocycles. The van der Waals surface area contributed by atoms with Crippen molar-refractivity contribution in [1.29, 1.82) is 5.26 Å². The molecule has 0 aliphatic heterocycles. The topological polar surface area (TPSA) is 88.4 Å². The van der Waals surface area contributed by atoms with E-state index in [0.717, 1.165) is 14.9 Å². The van der Waals surface area contributed by atoms with Crippen molar-refractivity contribution in [3.05, 3.63) is 97.1 Å². The van der Waals surface area contributed by atoms with Gasteiger partial charge in [-0.3, -0.25) is 4.79 Å². The molecule has 0 saturated carbocycles. The Morgan fingerprint density at radius 2 is 1.72 bits per heavy atom. The van der Waals surface area contributed by atoms with Gasteiger partial charge in [0, 0.05) is 21.2 Å². The first kappa shape index (κ1) is 27.0. The van der Waals surface area contributed by atoms with Crippen LogP contribution in [0.25, 0.3) is 6.08 Å². The maximum Gasteiger partial charge on any atom is 0.337 e. The molecule has 1 N–H and O–H groups in total. The third-order valence-electron chi connectivity index (χ3n) is 5.38. The van der Waals surface area contributed by atoms with Crippen molar-refractivity contribution >= 4 is 46.2 Å². The number of amides is 1. The predicted octanol–water partition coefficient (Wildman–Crippen LogP) is 6.23. The quantitative estimate of drug-likeness (QED) is 0.145. The van der Waals surface area contributed by atoms with E-state index in [4.69, 9.17) is 4.74 Å². The van der Waals surface area contributed by atoms with Gasteiger partial charge in [0.25, 0.3) is 5.91 Å². The Morgan fingerprint density at radius 1 is 1.06 bits per heavy atom. The standard InChI is InChI=1S/C29H27IN2O4/c1-5-36-27-16-21(15-26(30)25(27)14-20-11-18(2)10-19(3)12-20)13-23(17-31)28(33)32-24-8-6-22(7-9-24)29(34)35-4/h6-13,15-16H,5,14H2,1-4H3,(H,32,33)/b23-13+. The van der Waals surface area contributed by atoms with Crippen LogP contribution >= 0.6 is 22.6 Å². The molecule has 0 unspecified atom stereocenters. The molecular weight excluding hydrogens is 567 g/mol. The van der Waals surface area contributed by atoms with Gasteiger partial charge in [-0.05, 0) is 97.0 Å². The molecule has 0 fully saturated rings. The molecule has 0 heterocycles. The van der Waals surface area contributed by atoms with Gasteiger partial charge < -0.3 is 14.8 Å². The highest BCUT2D eigenvalue weighted by Crippen LogP contribution is 2.30. The zero-order valence-electron chi connectivity index (χ0n) is 20.6. The number of hydrogen-bond acceptors (Lipinski definition) is 5. The van der Waals surface area contributed by atoms with E-state index >= 15 is 0 Å². The van der Waals surface area contributed by atoms with Gasteiger partial charge in [0.1, 0.15) is 17.4 Å². The number of aryl methyl sites for hydroxylation is 2. The summed E-state index contributed by atoms with van der Waals surface area (Å²) in [5, 5.41) is 12.3. The van der Waals surface area contributed by atoms with E-state index in [1.54, 1.807) is 30.3 Å². The van der Waals surface area contributed by atoms with Crippen LogP contribution in [0, 0.1) is 28.7 Å².